The third-order valence-electron chi connectivity index (χ3n) is 4.36. The Balaban J connectivity index is 2.50. The molecule has 1 unspecified atom stereocenters. The van der Waals surface area contributed by atoms with Gasteiger partial charge >= 0.3 is 0 Å². The van der Waals surface area contributed by atoms with E-state index in [1.165, 1.54) is 25.7 Å². The highest BCUT2D eigenvalue weighted by Crippen LogP contribution is 2.36. The molecule has 0 saturated carbocycles. The summed E-state index contributed by atoms with van der Waals surface area (Å²) in [6.07, 6.45) is 10.7. The van der Waals surface area contributed by atoms with E-state index in [2.05, 4.69) is 13.8 Å². The molecule has 0 spiro atoms. The molecule has 0 aromatic heterocycles. The lowest BCUT2D eigenvalue weighted by Gasteiger charge is -2.23. The third kappa shape index (κ3) is 5.33. The molecule has 22 heavy (non-hydrogen) atoms. The van der Waals surface area contributed by atoms with Crippen LogP contribution in [0.3, 0.4) is 0 Å². The number of hydrogen-bond acceptors (Lipinski definition) is 3. The topological polar surface area (TPSA) is 35.5 Å². The van der Waals surface area contributed by atoms with Crippen LogP contribution in [0.1, 0.15) is 91.9 Å². The number of allylic oxidation sites excluding steroid dienone is 1. The van der Waals surface area contributed by atoms with E-state index in [0.717, 1.165) is 44.3 Å². The molecule has 0 saturated heterocycles. The summed E-state index contributed by atoms with van der Waals surface area (Å²) in [5.41, 5.74) is -0.697. The third-order valence-corrected chi connectivity index (χ3v) is 4.36. The van der Waals surface area contributed by atoms with Gasteiger partial charge in [-0.05, 0) is 26.2 Å². The fourth-order valence-electron chi connectivity index (χ4n) is 2.87. The quantitative estimate of drug-likeness (QED) is 0.444. The van der Waals surface area contributed by atoms with Crippen molar-refractivity contribution in [2.75, 3.05) is 6.61 Å². The first-order valence-electron chi connectivity index (χ1n) is 9.18. The number of carbonyl (C=O) groups excluding carboxylic acids is 1. The van der Waals surface area contributed by atoms with E-state index < -0.39 is 5.60 Å². The van der Waals surface area contributed by atoms with Crippen LogP contribution >= 0.6 is 0 Å². The lowest BCUT2D eigenvalue weighted by Crippen LogP contribution is -2.34. The second kappa shape index (κ2) is 9.91. The van der Waals surface area contributed by atoms with Crippen LogP contribution < -0.4 is 0 Å². The van der Waals surface area contributed by atoms with Gasteiger partial charge in [-0.25, -0.2) is 0 Å². The van der Waals surface area contributed by atoms with E-state index in [4.69, 9.17) is 9.47 Å². The van der Waals surface area contributed by atoms with Gasteiger partial charge in [0.25, 0.3) is 0 Å². The highest BCUT2D eigenvalue weighted by atomic mass is 16.6. The largest absolute Gasteiger partial charge is 0.487 e. The van der Waals surface area contributed by atoms with Crippen molar-refractivity contribution in [1.29, 1.82) is 0 Å². The average Bonchev–Trinajstić information content (AvgIpc) is 2.76. The number of ketones is 1. The Morgan fingerprint density at radius 1 is 0.955 bits per heavy atom. The fraction of sp³-hybridized carbons (Fsp3) is 0.842. The van der Waals surface area contributed by atoms with Crippen LogP contribution in [0.5, 0.6) is 0 Å². The molecule has 0 fully saturated rings. The van der Waals surface area contributed by atoms with Crippen molar-refractivity contribution in [3.05, 3.63) is 11.5 Å². The molecule has 1 aliphatic rings. The molecule has 0 bridgehead atoms. The van der Waals surface area contributed by atoms with E-state index in [9.17, 15) is 4.79 Å². The maximum absolute atomic E-state index is 12.7. The molecule has 1 atom stereocenters. The minimum atomic E-state index is -0.697. The van der Waals surface area contributed by atoms with Gasteiger partial charge in [0.05, 0.1) is 6.61 Å². The van der Waals surface area contributed by atoms with Crippen LogP contribution in [0.15, 0.2) is 11.5 Å². The molecular formula is C19H34O3. The molecule has 3 nitrogen and oxygen atoms in total. The molecule has 0 amide bonds. The summed E-state index contributed by atoms with van der Waals surface area (Å²) in [5.74, 6) is 1.30. The van der Waals surface area contributed by atoms with Crippen LogP contribution in [-0.2, 0) is 14.3 Å². The number of ether oxygens (including phenoxy) is 2. The molecule has 1 rings (SSSR count). The number of hydrogen-bond donors (Lipinski definition) is 0. The maximum Gasteiger partial charge on any atom is 0.243 e. The molecular weight excluding hydrogens is 276 g/mol. The summed E-state index contributed by atoms with van der Waals surface area (Å²) < 4.78 is 11.8. The van der Waals surface area contributed by atoms with Gasteiger partial charge in [-0.2, -0.15) is 0 Å². The fourth-order valence-corrected chi connectivity index (χ4v) is 2.87. The van der Waals surface area contributed by atoms with Gasteiger partial charge in [0, 0.05) is 6.42 Å². The van der Waals surface area contributed by atoms with Crippen molar-refractivity contribution in [1.82, 2.24) is 0 Å². The summed E-state index contributed by atoms with van der Waals surface area (Å²) >= 11 is 0. The van der Waals surface area contributed by atoms with Gasteiger partial charge in [0.15, 0.2) is 5.60 Å². The SMILES string of the molecule is CCCCCCOC1=C(CC)OC(C)(CCCCCC)C1=O. The van der Waals surface area contributed by atoms with Crippen molar-refractivity contribution in [3.63, 3.8) is 0 Å². The Morgan fingerprint density at radius 2 is 1.59 bits per heavy atom. The summed E-state index contributed by atoms with van der Waals surface area (Å²) in [5, 5.41) is 0. The van der Waals surface area contributed by atoms with Crippen LogP contribution in [0, 0.1) is 0 Å². The van der Waals surface area contributed by atoms with Crippen molar-refractivity contribution in [2.45, 2.75) is 97.5 Å². The lowest BCUT2D eigenvalue weighted by atomic mass is 9.93. The molecule has 1 aliphatic heterocycles. The molecule has 0 aromatic rings. The highest BCUT2D eigenvalue weighted by molar-refractivity contribution is 6.02. The molecule has 0 radical (unpaired) electrons. The molecule has 3 heteroatoms. The molecule has 0 aromatic carbocycles. The van der Waals surface area contributed by atoms with E-state index in [1.807, 2.05) is 13.8 Å². The number of carbonyl (C=O) groups is 1. The zero-order chi connectivity index (χ0) is 16.4. The Morgan fingerprint density at radius 3 is 2.18 bits per heavy atom. The van der Waals surface area contributed by atoms with Crippen molar-refractivity contribution in [3.8, 4) is 0 Å². The molecule has 0 N–H and O–H groups in total. The van der Waals surface area contributed by atoms with E-state index in [-0.39, 0.29) is 5.78 Å². The number of unbranched alkanes of at least 4 members (excludes halogenated alkanes) is 6. The highest BCUT2D eigenvalue weighted by Gasteiger charge is 2.45. The van der Waals surface area contributed by atoms with Gasteiger partial charge in [-0.15, -0.1) is 0 Å². The van der Waals surface area contributed by atoms with E-state index >= 15 is 0 Å². The minimum Gasteiger partial charge on any atom is -0.487 e. The first-order valence-corrected chi connectivity index (χ1v) is 9.18. The normalized spacial score (nSPS) is 21.4. The first kappa shape index (κ1) is 19.1. The summed E-state index contributed by atoms with van der Waals surface area (Å²) in [4.78, 5) is 12.7. The Labute approximate surface area is 136 Å². The average molecular weight is 310 g/mol. The molecule has 128 valence electrons. The predicted molar refractivity (Wildman–Crippen MR) is 90.7 cm³/mol. The second-order valence-electron chi connectivity index (χ2n) is 6.49. The first-order chi connectivity index (χ1) is 10.6. The molecule has 0 aliphatic carbocycles. The van der Waals surface area contributed by atoms with Crippen molar-refractivity contribution < 1.29 is 14.3 Å². The van der Waals surface area contributed by atoms with Gasteiger partial charge in [0.2, 0.25) is 11.5 Å². The Hall–Kier alpha value is -0.990. The zero-order valence-corrected chi connectivity index (χ0v) is 15.0. The van der Waals surface area contributed by atoms with Gasteiger partial charge < -0.3 is 9.47 Å². The summed E-state index contributed by atoms with van der Waals surface area (Å²) in [6, 6.07) is 0. The van der Waals surface area contributed by atoms with E-state index in [0.29, 0.717) is 12.4 Å². The van der Waals surface area contributed by atoms with Crippen molar-refractivity contribution >= 4 is 5.78 Å². The van der Waals surface area contributed by atoms with Crippen LogP contribution in [0.2, 0.25) is 0 Å². The van der Waals surface area contributed by atoms with E-state index in [1.54, 1.807) is 0 Å². The van der Waals surface area contributed by atoms with Crippen LogP contribution in [0.4, 0.5) is 0 Å². The molecule has 1 heterocycles. The van der Waals surface area contributed by atoms with Gasteiger partial charge in [0.1, 0.15) is 5.76 Å². The summed E-state index contributed by atoms with van der Waals surface area (Å²) in [7, 11) is 0. The Kier molecular flexibility index (Phi) is 8.59. The number of Topliss-reactive ketones (excluding diaryl/α,β-unsaturated/α-hetero) is 1. The lowest BCUT2D eigenvalue weighted by molar-refractivity contribution is -0.132. The van der Waals surface area contributed by atoms with Crippen LogP contribution in [-0.4, -0.2) is 18.0 Å². The number of rotatable bonds is 12. The predicted octanol–water partition coefficient (Wildman–Crippen LogP) is 5.53. The minimum absolute atomic E-state index is 0.0522. The van der Waals surface area contributed by atoms with Crippen molar-refractivity contribution in [2.24, 2.45) is 0 Å². The smallest absolute Gasteiger partial charge is 0.243 e. The Bertz CT molecular complexity index is 373. The summed E-state index contributed by atoms with van der Waals surface area (Å²) in [6.45, 7) is 8.95. The van der Waals surface area contributed by atoms with Gasteiger partial charge in [-0.1, -0.05) is 59.3 Å². The second-order valence-corrected chi connectivity index (χ2v) is 6.49. The van der Waals surface area contributed by atoms with Crippen LogP contribution in [0.25, 0.3) is 0 Å². The zero-order valence-electron chi connectivity index (χ0n) is 15.0. The van der Waals surface area contributed by atoms with Gasteiger partial charge in [-0.3, -0.25) is 4.79 Å². The maximum atomic E-state index is 12.7. The standard InChI is InChI=1S/C19H34O3/c1-5-8-10-12-14-19(4)18(20)17(16(7-3)22-19)21-15-13-11-9-6-2/h5-15H2,1-4H3. The monoisotopic (exact) mass is 310 g/mol.